The number of hydrogen-bond acceptors (Lipinski definition) is 12. The number of pyridine rings is 1. The molecule has 1 amide bonds. The van der Waals surface area contributed by atoms with Gasteiger partial charge in [-0.2, -0.15) is 18.4 Å². The van der Waals surface area contributed by atoms with Crippen LogP contribution in [0.4, 0.5) is 16.6 Å². The van der Waals surface area contributed by atoms with Crippen molar-refractivity contribution in [3.63, 3.8) is 0 Å². The first-order valence-corrected chi connectivity index (χ1v) is 15.8. The third-order valence-electron chi connectivity index (χ3n) is 6.27. The van der Waals surface area contributed by atoms with Gasteiger partial charge in [0.05, 0.1) is 20.3 Å². The van der Waals surface area contributed by atoms with Crippen LogP contribution in [0.1, 0.15) is 25.3 Å². The molecule has 0 radical (unpaired) electrons. The molecule has 0 bridgehead atoms. The molecule has 0 aliphatic carbocycles. The van der Waals surface area contributed by atoms with Crippen molar-refractivity contribution in [2.24, 2.45) is 0 Å². The predicted molar refractivity (Wildman–Crippen MR) is 165 cm³/mol. The standard InChI is InChI=1S/C30H36N6O8S/c1-4-5-14-31-30(37)43-18-9-8-17-42-28-26(44-24-11-7-6-10-23(24)40-3)27(33-29(34-28)36-15-19-41-20-16-36)35-45(38,39)25-13-12-22(2)21-32-25/h6-7,10-13,21H,4-5,14-20H2,1-3H3,(H,31,37)(H,33,34,35). The molecule has 3 aromatic rings. The van der Waals surface area contributed by atoms with Crippen LogP contribution in [0.5, 0.6) is 23.1 Å². The van der Waals surface area contributed by atoms with E-state index in [1.165, 1.54) is 19.4 Å². The molecule has 4 rings (SSSR count). The molecule has 45 heavy (non-hydrogen) atoms. The van der Waals surface area contributed by atoms with E-state index in [9.17, 15) is 13.2 Å². The number of carbonyl (C=O) groups excluding carboxylic acids is 1. The van der Waals surface area contributed by atoms with Gasteiger partial charge in [-0.15, -0.1) is 0 Å². The number of hydrogen-bond donors (Lipinski definition) is 2. The summed E-state index contributed by atoms with van der Waals surface area (Å²) in [5.41, 5.74) is 0.796. The number of ether oxygens (including phenoxy) is 5. The fourth-order valence-corrected chi connectivity index (χ4v) is 4.85. The summed E-state index contributed by atoms with van der Waals surface area (Å²) >= 11 is 0. The molecule has 2 N–H and O–H groups in total. The number of sulfonamides is 1. The normalized spacial score (nSPS) is 12.8. The monoisotopic (exact) mass is 640 g/mol. The van der Waals surface area contributed by atoms with E-state index in [2.05, 4.69) is 36.8 Å². The van der Waals surface area contributed by atoms with Crippen molar-refractivity contribution in [1.82, 2.24) is 20.3 Å². The molecule has 1 fully saturated rings. The van der Waals surface area contributed by atoms with Gasteiger partial charge in [0, 0.05) is 25.8 Å². The lowest BCUT2D eigenvalue weighted by atomic mass is 10.3. The molecule has 0 unspecified atom stereocenters. The van der Waals surface area contributed by atoms with Gasteiger partial charge < -0.3 is 33.9 Å². The van der Waals surface area contributed by atoms with Crippen molar-refractivity contribution in [2.45, 2.75) is 31.7 Å². The Labute approximate surface area is 262 Å². The molecule has 2 aromatic heterocycles. The molecular formula is C30H36N6O8S. The third-order valence-corrected chi connectivity index (χ3v) is 7.52. The number of benzene rings is 1. The highest BCUT2D eigenvalue weighted by molar-refractivity contribution is 7.92. The maximum Gasteiger partial charge on any atom is 0.408 e. The number of aromatic nitrogens is 3. The zero-order valence-electron chi connectivity index (χ0n) is 25.4. The molecule has 1 aliphatic heterocycles. The van der Waals surface area contributed by atoms with Crippen LogP contribution in [0.3, 0.4) is 0 Å². The summed E-state index contributed by atoms with van der Waals surface area (Å²) in [4.78, 5) is 26.8. The minimum atomic E-state index is -4.22. The van der Waals surface area contributed by atoms with E-state index in [0.29, 0.717) is 38.6 Å². The number of aryl methyl sites for hydroxylation is 1. The average Bonchev–Trinajstić information content (AvgIpc) is 3.04. The van der Waals surface area contributed by atoms with E-state index >= 15 is 0 Å². The molecule has 240 valence electrons. The maximum atomic E-state index is 13.5. The van der Waals surface area contributed by atoms with Crippen molar-refractivity contribution in [3.05, 3.63) is 48.2 Å². The highest BCUT2D eigenvalue weighted by atomic mass is 32.2. The Kier molecular flexibility index (Phi) is 12.0. The van der Waals surface area contributed by atoms with Gasteiger partial charge in [0.2, 0.25) is 11.7 Å². The Morgan fingerprint density at radius 3 is 2.53 bits per heavy atom. The molecule has 15 heteroatoms. The highest BCUT2D eigenvalue weighted by Crippen LogP contribution is 2.41. The predicted octanol–water partition coefficient (Wildman–Crippen LogP) is 3.53. The molecule has 1 saturated heterocycles. The number of unbranched alkanes of at least 4 members (excludes halogenated alkanes) is 1. The number of anilines is 2. The second-order valence-corrected chi connectivity index (χ2v) is 11.3. The summed E-state index contributed by atoms with van der Waals surface area (Å²) in [6, 6.07) is 9.84. The fourth-order valence-electron chi connectivity index (χ4n) is 3.91. The van der Waals surface area contributed by atoms with E-state index in [-0.39, 0.29) is 47.4 Å². The SMILES string of the molecule is CCCCNC(=O)OCC#CCOc1nc(N2CCOCC2)nc(NS(=O)(=O)c2ccc(C)cn2)c1Oc1ccccc1OC. The summed E-state index contributed by atoms with van der Waals surface area (Å²) in [7, 11) is -2.74. The van der Waals surface area contributed by atoms with Crippen LogP contribution in [-0.4, -0.2) is 82.6 Å². The van der Waals surface area contributed by atoms with E-state index in [1.54, 1.807) is 37.3 Å². The first-order chi connectivity index (χ1) is 21.8. The molecule has 0 spiro atoms. The van der Waals surface area contributed by atoms with Gasteiger partial charge in [0.1, 0.15) is 0 Å². The molecular weight excluding hydrogens is 604 g/mol. The van der Waals surface area contributed by atoms with Crippen molar-refractivity contribution in [1.29, 1.82) is 0 Å². The minimum Gasteiger partial charge on any atom is -0.493 e. The van der Waals surface area contributed by atoms with Crippen molar-refractivity contribution in [2.75, 3.05) is 62.8 Å². The van der Waals surface area contributed by atoms with Gasteiger partial charge in [0.25, 0.3) is 15.9 Å². The lowest BCUT2D eigenvalue weighted by Gasteiger charge is -2.28. The quantitative estimate of drug-likeness (QED) is 0.207. The van der Waals surface area contributed by atoms with Crippen LogP contribution in [0.2, 0.25) is 0 Å². The summed E-state index contributed by atoms with van der Waals surface area (Å²) < 4.78 is 57.4. The van der Waals surface area contributed by atoms with Crippen LogP contribution in [0, 0.1) is 18.8 Å². The Morgan fingerprint density at radius 1 is 1.07 bits per heavy atom. The number of amides is 1. The minimum absolute atomic E-state index is 0.0838. The van der Waals surface area contributed by atoms with E-state index in [1.807, 2.05) is 11.8 Å². The number of carbonyl (C=O) groups is 1. The largest absolute Gasteiger partial charge is 0.493 e. The summed E-state index contributed by atoms with van der Waals surface area (Å²) in [5, 5.41) is 2.43. The fraction of sp³-hybridized carbons (Fsp3) is 0.400. The maximum absolute atomic E-state index is 13.5. The Morgan fingerprint density at radius 2 is 1.82 bits per heavy atom. The Bertz CT molecular complexity index is 1600. The van der Waals surface area contributed by atoms with Gasteiger partial charge >= 0.3 is 6.09 Å². The van der Waals surface area contributed by atoms with E-state index in [0.717, 1.165) is 18.4 Å². The van der Waals surface area contributed by atoms with Gasteiger partial charge in [-0.25, -0.2) is 9.78 Å². The smallest absolute Gasteiger partial charge is 0.408 e. The Hall–Kier alpha value is -4.81. The lowest BCUT2D eigenvalue weighted by molar-refractivity contribution is 0.122. The zero-order chi connectivity index (χ0) is 32.1. The summed E-state index contributed by atoms with van der Waals surface area (Å²) in [6.07, 6.45) is 2.68. The Balaban J connectivity index is 1.67. The number of alkyl carbamates (subject to hydrolysis) is 1. The number of rotatable bonds is 13. The van der Waals surface area contributed by atoms with Crippen LogP contribution < -0.4 is 29.1 Å². The molecule has 1 aliphatic rings. The van der Waals surface area contributed by atoms with Gasteiger partial charge in [-0.1, -0.05) is 43.4 Å². The van der Waals surface area contributed by atoms with Crippen molar-refractivity contribution < 1.29 is 36.9 Å². The average molecular weight is 641 g/mol. The topological polar surface area (TPSA) is 163 Å². The summed E-state index contributed by atoms with van der Waals surface area (Å²) in [5.74, 6) is 5.91. The number of methoxy groups -OCH3 is 1. The molecule has 0 saturated carbocycles. The molecule has 14 nitrogen and oxygen atoms in total. The van der Waals surface area contributed by atoms with Gasteiger partial charge in [-0.05, 0) is 37.1 Å². The number of morpholine rings is 1. The first kappa shape index (κ1) is 33.1. The van der Waals surface area contributed by atoms with Crippen molar-refractivity contribution >= 4 is 27.9 Å². The molecule has 0 atom stereocenters. The highest BCUT2D eigenvalue weighted by Gasteiger charge is 2.27. The third kappa shape index (κ3) is 9.59. The first-order valence-electron chi connectivity index (χ1n) is 14.3. The second kappa shape index (κ2) is 16.3. The van der Waals surface area contributed by atoms with Crippen LogP contribution >= 0.6 is 0 Å². The molecule has 3 heterocycles. The van der Waals surface area contributed by atoms with Crippen LogP contribution in [-0.2, 0) is 19.5 Å². The number of nitrogens with one attached hydrogen (secondary N) is 2. The van der Waals surface area contributed by atoms with E-state index in [4.69, 9.17) is 23.7 Å². The number of nitrogens with zero attached hydrogens (tertiary/aromatic N) is 4. The molecule has 1 aromatic carbocycles. The van der Waals surface area contributed by atoms with Gasteiger partial charge in [0.15, 0.2) is 35.6 Å². The summed E-state index contributed by atoms with van der Waals surface area (Å²) in [6.45, 7) is 5.81. The number of para-hydroxylation sites is 2. The van der Waals surface area contributed by atoms with E-state index < -0.39 is 16.1 Å². The second-order valence-electron chi connectivity index (χ2n) is 9.64. The lowest BCUT2D eigenvalue weighted by Crippen LogP contribution is -2.37. The van der Waals surface area contributed by atoms with Crippen LogP contribution in [0.25, 0.3) is 0 Å². The van der Waals surface area contributed by atoms with Crippen LogP contribution in [0.15, 0.2) is 47.6 Å². The van der Waals surface area contributed by atoms with Gasteiger partial charge in [-0.3, -0.25) is 4.72 Å². The van der Waals surface area contributed by atoms with Crippen molar-refractivity contribution in [3.8, 4) is 35.0 Å². The zero-order valence-corrected chi connectivity index (χ0v) is 26.2.